The number of carbonyl (C=O) groups is 1. The highest BCUT2D eigenvalue weighted by Gasteiger charge is 2.09. The van der Waals surface area contributed by atoms with Crippen LogP contribution >= 0.6 is 0 Å². The van der Waals surface area contributed by atoms with Gasteiger partial charge in [-0.25, -0.2) is 4.79 Å². The largest absolute Gasteiger partial charge is 0.495 e. The van der Waals surface area contributed by atoms with E-state index in [4.69, 9.17) is 10.5 Å². The summed E-state index contributed by atoms with van der Waals surface area (Å²) in [7, 11) is 1.58. The van der Waals surface area contributed by atoms with Gasteiger partial charge >= 0.3 is 6.03 Å². The minimum atomic E-state index is -0.222. The first-order valence-corrected chi connectivity index (χ1v) is 6.59. The molecule has 4 N–H and O–H groups in total. The van der Waals surface area contributed by atoms with Gasteiger partial charge in [0, 0.05) is 6.54 Å². The second-order valence-corrected chi connectivity index (χ2v) is 4.39. The minimum Gasteiger partial charge on any atom is -0.495 e. The van der Waals surface area contributed by atoms with Gasteiger partial charge < -0.3 is 21.1 Å². The molecule has 1 aromatic carbocycles. The number of benzene rings is 1. The number of methoxy groups -OCH3 is 1. The average molecular weight is 265 g/mol. The van der Waals surface area contributed by atoms with Crippen LogP contribution in [0.1, 0.15) is 19.8 Å². The summed E-state index contributed by atoms with van der Waals surface area (Å²) in [6.45, 7) is 3.38. The molecule has 0 aliphatic rings. The highest BCUT2D eigenvalue weighted by molar-refractivity contribution is 5.90. The molecule has 0 bridgehead atoms. The van der Waals surface area contributed by atoms with Crippen LogP contribution in [0.5, 0.6) is 5.75 Å². The molecule has 0 aliphatic carbocycles. The van der Waals surface area contributed by atoms with Crippen molar-refractivity contribution in [1.82, 2.24) is 5.32 Å². The maximum Gasteiger partial charge on any atom is 0.319 e. The molecule has 0 saturated carbocycles. The zero-order chi connectivity index (χ0) is 14.1. The van der Waals surface area contributed by atoms with E-state index in [2.05, 4.69) is 17.6 Å². The van der Waals surface area contributed by atoms with Crippen molar-refractivity contribution in [2.45, 2.75) is 19.8 Å². The molecule has 0 aromatic heterocycles. The number of carbonyl (C=O) groups excluding carboxylic acids is 1. The van der Waals surface area contributed by atoms with Crippen molar-refractivity contribution < 1.29 is 9.53 Å². The van der Waals surface area contributed by atoms with Crippen molar-refractivity contribution in [3.05, 3.63) is 24.3 Å². The Kier molecular flexibility index (Phi) is 6.74. The lowest BCUT2D eigenvalue weighted by Gasteiger charge is -2.15. The second-order valence-electron chi connectivity index (χ2n) is 4.39. The van der Waals surface area contributed by atoms with Crippen LogP contribution in [-0.2, 0) is 0 Å². The maximum atomic E-state index is 11.8. The molecule has 5 heteroatoms. The van der Waals surface area contributed by atoms with Crippen LogP contribution in [0, 0.1) is 5.92 Å². The Labute approximate surface area is 114 Å². The summed E-state index contributed by atoms with van der Waals surface area (Å²) in [6, 6.07) is 7.09. The number of rotatable bonds is 7. The summed E-state index contributed by atoms with van der Waals surface area (Å²) in [5.74, 6) is 1.07. The first-order chi connectivity index (χ1) is 9.21. The van der Waals surface area contributed by atoms with Gasteiger partial charge in [0.05, 0.1) is 12.8 Å². The summed E-state index contributed by atoms with van der Waals surface area (Å²) < 4.78 is 5.17. The molecule has 0 spiro atoms. The van der Waals surface area contributed by atoms with Gasteiger partial charge in [-0.15, -0.1) is 0 Å². The zero-order valence-electron chi connectivity index (χ0n) is 11.6. The predicted molar refractivity (Wildman–Crippen MR) is 77.5 cm³/mol. The van der Waals surface area contributed by atoms with Crippen molar-refractivity contribution in [3.63, 3.8) is 0 Å². The van der Waals surface area contributed by atoms with Crippen molar-refractivity contribution >= 4 is 11.7 Å². The number of urea groups is 1. The number of nitrogens with two attached hydrogens (primary N) is 1. The van der Waals surface area contributed by atoms with Crippen molar-refractivity contribution in [3.8, 4) is 5.75 Å². The molecule has 1 aromatic rings. The minimum absolute atomic E-state index is 0.222. The third-order valence-electron chi connectivity index (χ3n) is 3.06. The van der Waals surface area contributed by atoms with Crippen molar-refractivity contribution in [2.24, 2.45) is 11.7 Å². The molecular formula is C14H23N3O2. The Morgan fingerprint density at radius 2 is 2.16 bits per heavy atom. The van der Waals surface area contributed by atoms with E-state index in [1.54, 1.807) is 19.2 Å². The molecule has 106 valence electrons. The average Bonchev–Trinajstić information content (AvgIpc) is 2.44. The van der Waals surface area contributed by atoms with E-state index in [1.165, 1.54) is 0 Å². The molecule has 19 heavy (non-hydrogen) atoms. The van der Waals surface area contributed by atoms with Crippen LogP contribution in [0.25, 0.3) is 0 Å². The molecule has 2 amide bonds. The van der Waals surface area contributed by atoms with Crippen LogP contribution in [-0.4, -0.2) is 26.2 Å². The quantitative estimate of drug-likeness (QED) is 0.707. The third kappa shape index (κ3) is 5.18. The lowest BCUT2D eigenvalue weighted by atomic mass is 10.0. The third-order valence-corrected chi connectivity index (χ3v) is 3.06. The molecule has 0 radical (unpaired) electrons. The summed E-state index contributed by atoms with van der Waals surface area (Å²) in [6.07, 6.45) is 1.93. The van der Waals surface area contributed by atoms with E-state index in [9.17, 15) is 4.79 Å². The standard InChI is InChI=1S/C14H23N3O2/c1-3-11(8-9-15)10-16-14(18)17-12-6-4-5-7-13(12)19-2/h4-7,11H,3,8-10,15H2,1-2H3,(H2,16,17,18). The van der Waals surface area contributed by atoms with Gasteiger partial charge in [0.25, 0.3) is 0 Å². The monoisotopic (exact) mass is 265 g/mol. The number of hydrogen-bond donors (Lipinski definition) is 3. The van der Waals surface area contributed by atoms with E-state index >= 15 is 0 Å². The maximum absolute atomic E-state index is 11.8. The van der Waals surface area contributed by atoms with Gasteiger partial charge in [-0.2, -0.15) is 0 Å². The summed E-state index contributed by atoms with van der Waals surface area (Å²) in [5.41, 5.74) is 6.19. The number of ether oxygens (including phenoxy) is 1. The van der Waals surface area contributed by atoms with Gasteiger partial charge in [0.1, 0.15) is 5.75 Å². The normalized spacial score (nSPS) is 11.7. The SMILES string of the molecule is CCC(CCN)CNC(=O)Nc1ccccc1OC. The molecule has 5 nitrogen and oxygen atoms in total. The Morgan fingerprint density at radius 3 is 2.79 bits per heavy atom. The first-order valence-electron chi connectivity index (χ1n) is 6.59. The Bertz CT molecular complexity index is 396. The van der Waals surface area contributed by atoms with E-state index < -0.39 is 0 Å². The Morgan fingerprint density at radius 1 is 1.42 bits per heavy atom. The molecule has 0 heterocycles. The fraction of sp³-hybridized carbons (Fsp3) is 0.500. The fourth-order valence-corrected chi connectivity index (χ4v) is 1.84. The fourth-order valence-electron chi connectivity index (χ4n) is 1.84. The predicted octanol–water partition coefficient (Wildman–Crippen LogP) is 2.19. The summed E-state index contributed by atoms with van der Waals surface area (Å²) in [4.78, 5) is 11.8. The van der Waals surface area contributed by atoms with Crippen LogP contribution in [0.2, 0.25) is 0 Å². The van der Waals surface area contributed by atoms with Crippen molar-refractivity contribution in [1.29, 1.82) is 0 Å². The Hall–Kier alpha value is -1.75. The number of amides is 2. The van der Waals surface area contributed by atoms with Gasteiger partial charge in [0.15, 0.2) is 0 Å². The number of hydrogen-bond acceptors (Lipinski definition) is 3. The lowest BCUT2D eigenvalue weighted by molar-refractivity contribution is 0.249. The number of anilines is 1. The number of nitrogens with one attached hydrogen (secondary N) is 2. The smallest absolute Gasteiger partial charge is 0.319 e. The van der Waals surface area contributed by atoms with E-state index in [0.717, 1.165) is 12.8 Å². The van der Waals surface area contributed by atoms with Gasteiger partial charge in [0.2, 0.25) is 0 Å². The van der Waals surface area contributed by atoms with Crippen LogP contribution in [0.15, 0.2) is 24.3 Å². The lowest BCUT2D eigenvalue weighted by Crippen LogP contribution is -2.33. The van der Waals surface area contributed by atoms with Crippen LogP contribution in [0.4, 0.5) is 10.5 Å². The zero-order valence-corrected chi connectivity index (χ0v) is 11.6. The molecule has 1 rings (SSSR count). The highest BCUT2D eigenvalue weighted by Crippen LogP contribution is 2.22. The van der Waals surface area contributed by atoms with Crippen LogP contribution < -0.4 is 21.1 Å². The summed E-state index contributed by atoms with van der Waals surface area (Å²) >= 11 is 0. The van der Waals surface area contributed by atoms with Gasteiger partial charge in [-0.3, -0.25) is 0 Å². The highest BCUT2D eigenvalue weighted by atomic mass is 16.5. The molecule has 1 atom stereocenters. The summed E-state index contributed by atoms with van der Waals surface area (Å²) in [5, 5.41) is 5.63. The van der Waals surface area contributed by atoms with E-state index in [-0.39, 0.29) is 6.03 Å². The van der Waals surface area contributed by atoms with Crippen LogP contribution in [0.3, 0.4) is 0 Å². The topological polar surface area (TPSA) is 76.4 Å². The second kappa shape index (κ2) is 8.37. The first kappa shape index (κ1) is 15.3. The van der Waals surface area contributed by atoms with Crippen molar-refractivity contribution in [2.75, 3.05) is 25.5 Å². The Balaban J connectivity index is 2.46. The van der Waals surface area contributed by atoms with E-state index in [0.29, 0.717) is 30.4 Å². The molecule has 0 fully saturated rings. The molecule has 1 unspecified atom stereocenters. The molecule has 0 aliphatic heterocycles. The van der Waals surface area contributed by atoms with Gasteiger partial charge in [-0.1, -0.05) is 25.5 Å². The molecular weight excluding hydrogens is 242 g/mol. The van der Waals surface area contributed by atoms with E-state index in [1.807, 2.05) is 12.1 Å². The number of para-hydroxylation sites is 2. The van der Waals surface area contributed by atoms with Gasteiger partial charge in [-0.05, 0) is 31.0 Å². The molecule has 0 saturated heterocycles.